The number of para-hydroxylation sites is 3. The number of aliphatic carboxylic acids is 1. The van der Waals surface area contributed by atoms with E-state index in [1.165, 1.54) is 7.11 Å². The molecule has 0 saturated carbocycles. The zero-order valence-electron chi connectivity index (χ0n) is 15.2. The largest absolute Gasteiger partial charge is 0.493 e. The summed E-state index contributed by atoms with van der Waals surface area (Å²) in [5.74, 6) is 0.871. The van der Waals surface area contributed by atoms with Crippen LogP contribution in [0.1, 0.15) is 5.56 Å². The number of hydrogen-bond acceptors (Lipinski definition) is 4. The van der Waals surface area contributed by atoms with E-state index in [4.69, 9.17) is 25.8 Å². The Morgan fingerprint density at radius 3 is 2.32 bits per heavy atom. The second-order valence-electron chi connectivity index (χ2n) is 5.97. The predicted molar refractivity (Wildman–Crippen MR) is 107 cm³/mol. The van der Waals surface area contributed by atoms with Crippen LogP contribution in [0.3, 0.4) is 0 Å². The van der Waals surface area contributed by atoms with Crippen molar-refractivity contribution in [3.05, 3.63) is 83.4 Å². The molecule has 0 fully saturated rings. The summed E-state index contributed by atoms with van der Waals surface area (Å²) in [4.78, 5) is 11.8. The Morgan fingerprint density at radius 1 is 0.964 bits per heavy atom. The second-order valence-corrected chi connectivity index (χ2v) is 6.40. The fourth-order valence-electron chi connectivity index (χ4n) is 2.67. The van der Waals surface area contributed by atoms with Crippen LogP contribution in [0.4, 0.5) is 0 Å². The Morgan fingerprint density at radius 2 is 1.64 bits per heavy atom. The first-order valence-corrected chi connectivity index (χ1v) is 8.98. The van der Waals surface area contributed by atoms with Crippen LogP contribution in [0.5, 0.6) is 23.0 Å². The third kappa shape index (κ3) is 4.96. The SMILES string of the molecule is COc1ccccc1OC(Cc1cc(Cl)ccc1Oc1ccccc1)C(=O)O. The first-order valence-electron chi connectivity index (χ1n) is 8.60. The summed E-state index contributed by atoms with van der Waals surface area (Å²) in [7, 11) is 1.50. The number of hydrogen-bond donors (Lipinski definition) is 1. The Kier molecular flexibility index (Phi) is 6.40. The number of carboxylic acids is 1. The maximum Gasteiger partial charge on any atom is 0.345 e. The highest BCUT2D eigenvalue weighted by Crippen LogP contribution is 2.31. The molecule has 1 N–H and O–H groups in total. The van der Waals surface area contributed by atoms with Crippen molar-refractivity contribution in [3.8, 4) is 23.0 Å². The zero-order chi connectivity index (χ0) is 19.9. The highest BCUT2D eigenvalue weighted by molar-refractivity contribution is 6.30. The van der Waals surface area contributed by atoms with Gasteiger partial charge < -0.3 is 19.3 Å². The van der Waals surface area contributed by atoms with E-state index in [1.807, 2.05) is 30.3 Å². The van der Waals surface area contributed by atoms with Crippen LogP contribution in [0.2, 0.25) is 5.02 Å². The molecule has 0 spiro atoms. The van der Waals surface area contributed by atoms with Gasteiger partial charge in [0.2, 0.25) is 0 Å². The van der Waals surface area contributed by atoms with Crippen molar-refractivity contribution in [3.63, 3.8) is 0 Å². The molecule has 1 atom stereocenters. The molecule has 0 aliphatic rings. The number of carboxylic acid groups (broad SMARTS) is 1. The average molecular weight is 399 g/mol. The van der Waals surface area contributed by atoms with Gasteiger partial charge in [-0.1, -0.05) is 41.9 Å². The van der Waals surface area contributed by atoms with Gasteiger partial charge in [-0.25, -0.2) is 4.79 Å². The van der Waals surface area contributed by atoms with Crippen LogP contribution in [0.25, 0.3) is 0 Å². The van der Waals surface area contributed by atoms with E-state index in [1.54, 1.807) is 42.5 Å². The number of benzene rings is 3. The molecule has 0 heterocycles. The molecular formula is C22H19ClO5. The van der Waals surface area contributed by atoms with Gasteiger partial charge in [0.25, 0.3) is 0 Å². The second kappa shape index (κ2) is 9.15. The summed E-state index contributed by atoms with van der Waals surface area (Å²) in [5.41, 5.74) is 0.624. The molecule has 0 amide bonds. The third-order valence-corrected chi connectivity index (χ3v) is 4.25. The maximum absolute atomic E-state index is 11.8. The predicted octanol–water partition coefficient (Wildman–Crippen LogP) is 5.22. The molecule has 3 aromatic rings. The third-order valence-electron chi connectivity index (χ3n) is 4.01. The Labute approximate surface area is 168 Å². The van der Waals surface area contributed by atoms with Crippen LogP contribution >= 0.6 is 11.6 Å². The highest BCUT2D eigenvalue weighted by Gasteiger charge is 2.24. The number of methoxy groups -OCH3 is 1. The zero-order valence-corrected chi connectivity index (χ0v) is 15.9. The van der Waals surface area contributed by atoms with E-state index in [0.717, 1.165) is 0 Å². The molecule has 28 heavy (non-hydrogen) atoms. The van der Waals surface area contributed by atoms with E-state index in [0.29, 0.717) is 33.6 Å². The normalized spacial score (nSPS) is 11.5. The Balaban J connectivity index is 1.86. The van der Waals surface area contributed by atoms with E-state index in [-0.39, 0.29) is 6.42 Å². The summed E-state index contributed by atoms with van der Waals surface area (Å²) >= 11 is 6.13. The lowest BCUT2D eigenvalue weighted by Gasteiger charge is -2.19. The van der Waals surface area contributed by atoms with Gasteiger partial charge in [-0.3, -0.25) is 0 Å². The van der Waals surface area contributed by atoms with Gasteiger partial charge in [0.1, 0.15) is 11.5 Å². The van der Waals surface area contributed by atoms with Gasteiger partial charge in [-0.15, -0.1) is 0 Å². The average Bonchev–Trinajstić information content (AvgIpc) is 2.70. The van der Waals surface area contributed by atoms with Crippen molar-refractivity contribution in [2.24, 2.45) is 0 Å². The maximum atomic E-state index is 11.8. The number of rotatable bonds is 8. The molecule has 3 rings (SSSR count). The molecule has 0 bridgehead atoms. The summed E-state index contributed by atoms with van der Waals surface area (Å²) in [6.45, 7) is 0. The van der Waals surface area contributed by atoms with Crippen molar-refractivity contribution in [1.29, 1.82) is 0 Å². The number of ether oxygens (including phenoxy) is 3. The Bertz CT molecular complexity index is 943. The van der Waals surface area contributed by atoms with Crippen molar-refractivity contribution < 1.29 is 24.1 Å². The molecular weight excluding hydrogens is 380 g/mol. The van der Waals surface area contributed by atoms with Gasteiger partial charge in [0, 0.05) is 17.0 Å². The lowest BCUT2D eigenvalue weighted by molar-refractivity contribution is -0.145. The van der Waals surface area contributed by atoms with Crippen molar-refractivity contribution >= 4 is 17.6 Å². The van der Waals surface area contributed by atoms with E-state index >= 15 is 0 Å². The highest BCUT2D eigenvalue weighted by atomic mass is 35.5. The molecule has 0 aliphatic heterocycles. The molecule has 0 saturated heterocycles. The monoisotopic (exact) mass is 398 g/mol. The summed E-state index contributed by atoms with van der Waals surface area (Å²) in [5, 5.41) is 10.2. The fourth-order valence-corrected chi connectivity index (χ4v) is 2.87. The lowest BCUT2D eigenvalue weighted by atomic mass is 10.1. The van der Waals surface area contributed by atoms with Crippen molar-refractivity contribution in [2.75, 3.05) is 7.11 Å². The van der Waals surface area contributed by atoms with Crippen LogP contribution in [-0.4, -0.2) is 24.3 Å². The number of halogens is 1. The molecule has 5 nitrogen and oxygen atoms in total. The molecule has 1 unspecified atom stereocenters. The first kappa shape index (κ1) is 19.6. The van der Waals surface area contributed by atoms with E-state index in [9.17, 15) is 9.90 Å². The van der Waals surface area contributed by atoms with Crippen molar-refractivity contribution in [2.45, 2.75) is 12.5 Å². The molecule has 6 heteroatoms. The number of carbonyl (C=O) groups is 1. The molecule has 0 aromatic heterocycles. The molecule has 3 aromatic carbocycles. The summed E-state index contributed by atoms with van der Waals surface area (Å²) < 4.78 is 16.9. The van der Waals surface area contributed by atoms with Crippen LogP contribution in [-0.2, 0) is 11.2 Å². The van der Waals surface area contributed by atoms with E-state index < -0.39 is 12.1 Å². The smallest absolute Gasteiger partial charge is 0.345 e. The van der Waals surface area contributed by atoms with Gasteiger partial charge in [0.15, 0.2) is 17.6 Å². The van der Waals surface area contributed by atoms with E-state index in [2.05, 4.69) is 0 Å². The summed E-state index contributed by atoms with van der Waals surface area (Å²) in [6, 6.07) is 21.2. The molecule has 0 aliphatic carbocycles. The fraction of sp³-hybridized carbons (Fsp3) is 0.136. The van der Waals surface area contributed by atoms with Gasteiger partial charge in [-0.05, 0) is 42.5 Å². The minimum Gasteiger partial charge on any atom is -0.493 e. The van der Waals surface area contributed by atoms with Crippen LogP contribution in [0, 0.1) is 0 Å². The molecule has 0 radical (unpaired) electrons. The minimum absolute atomic E-state index is 0.0656. The first-order chi connectivity index (χ1) is 13.6. The van der Waals surface area contributed by atoms with Gasteiger partial charge in [-0.2, -0.15) is 0 Å². The van der Waals surface area contributed by atoms with Crippen molar-refractivity contribution in [1.82, 2.24) is 0 Å². The minimum atomic E-state index is -1.15. The molecule has 144 valence electrons. The standard InChI is InChI=1S/C22H19ClO5/c1-26-19-9-5-6-10-20(19)28-21(22(24)25)14-15-13-16(23)11-12-18(15)27-17-7-3-2-4-8-17/h2-13,21H,14H2,1H3,(H,24,25). The van der Waals surface area contributed by atoms with Gasteiger partial charge in [0.05, 0.1) is 7.11 Å². The Hall–Kier alpha value is -3.18. The quantitative estimate of drug-likeness (QED) is 0.563. The van der Waals surface area contributed by atoms with Crippen LogP contribution < -0.4 is 14.2 Å². The lowest BCUT2D eigenvalue weighted by Crippen LogP contribution is -2.29. The van der Waals surface area contributed by atoms with Gasteiger partial charge >= 0.3 is 5.97 Å². The summed E-state index contributed by atoms with van der Waals surface area (Å²) in [6.07, 6.45) is -1.08. The topological polar surface area (TPSA) is 65.0 Å². The van der Waals surface area contributed by atoms with Crippen LogP contribution in [0.15, 0.2) is 72.8 Å².